The lowest BCUT2D eigenvalue weighted by molar-refractivity contribution is 0.222. The van der Waals surface area contributed by atoms with E-state index in [1.165, 1.54) is 9.75 Å². The Kier molecular flexibility index (Phi) is 8.13. The number of nitrogens with zero attached hydrogens (tertiary/aromatic N) is 2. The number of aryl methyl sites for hydroxylation is 1. The molecule has 1 aromatic carbocycles. The fraction of sp³-hybridized carbons (Fsp3) is 0.478. The Labute approximate surface area is 183 Å². The summed E-state index contributed by atoms with van der Waals surface area (Å²) in [6.45, 7) is 9.43. The third-order valence-corrected chi connectivity index (χ3v) is 6.04. The van der Waals surface area contributed by atoms with Crippen LogP contribution in [0, 0.1) is 6.92 Å². The summed E-state index contributed by atoms with van der Waals surface area (Å²) in [7, 11) is 0. The molecule has 0 radical (unpaired) electrons. The average molecular weight is 428 g/mol. The lowest BCUT2D eigenvalue weighted by Crippen LogP contribution is -2.43. The lowest BCUT2D eigenvalue weighted by Gasteiger charge is -2.18. The summed E-state index contributed by atoms with van der Waals surface area (Å²) in [4.78, 5) is 21.7. The van der Waals surface area contributed by atoms with Gasteiger partial charge in [0.2, 0.25) is 0 Å². The quantitative estimate of drug-likeness (QED) is 0.454. The van der Waals surface area contributed by atoms with Gasteiger partial charge in [0.1, 0.15) is 0 Å². The summed E-state index contributed by atoms with van der Waals surface area (Å²) in [5.74, 6) is 0.810. The van der Waals surface area contributed by atoms with Crippen molar-refractivity contribution in [3.05, 3.63) is 51.7 Å². The molecule has 6 nitrogen and oxygen atoms in total. The van der Waals surface area contributed by atoms with Crippen LogP contribution in [0.3, 0.4) is 0 Å². The second-order valence-corrected chi connectivity index (χ2v) is 9.15. The van der Waals surface area contributed by atoms with Gasteiger partial charge in [-0.2, -0.15) is 0 Å². The van der Waals surface area contributed by atoms with Crippen molar-refractivity contribution in [1.29, 1.82) is 0 Å². The maximum absolute atomic E-state index is 12.3. The summed E-state index contributed by atoms with van der Waals surface area (Å²) < 4.78 is 0. The first-order valence-electron chi connectivity index (χ1n) is 10.8. The van der Waals surface area contributed by atoms with E-state index in [0.717, 1.165) is 56.1 Å². The number of anilines is 1. The zero-order chi connectivity index (χ0) is 21.3. The zero-order valence-corrected chi connectivity index (χ0v) is 19.0. The molecule has 0 spiro atoms. The number of thiophene rings is 1. The number of carbonyl (C=O) groups is 1. The molecule has 2 aromatic rings. The monoisotopic (exact) mass is 427 g/mol. The predicted octanol–water partition coefficient (Wildman–Crippen LogP) is 4.37. The van der Waals surface area contributed by atoms with Crippen LogP contribution in [0.1, 0.15) is 42.0 Å². The Morgan fingerprint density at radius 2 is 2.03 bits per heavy atom. The largest absolute Gasteiger partial charge is 0.357 e. The van der Waals surface area contributed by atoms with Crippen LogP contribution in [0.5, 0.6) is 0 Å². The summed E-state index contributed by atoms with van der Waals surface area (Å²) in [5, 5.41) is 9.83. The van der Waals surface area contributed by atoms with Crippen LogP contribution in [0.4, 0.5) is 10.5 Å². The Hall–Kier alpha value is -2.54. The molecule has 1 fully saturated rings. The van der Waals surface area contributed by atoms with E-state index in [0.29, 0.717) is 6.54 Å². The van der Waals surface area contributed by atoms with Crippen LogP contribution in [-0.4, -0.2) is 42.6 Å². The van der Waals surface area contributed by atoms with Crippen molar-refractivity contribution in [2.24, 2.45) is 4.99 Å². The topological polar surface area (TPSA) is 68.8 Å². The normalized spacial score (nSPS) is 15.2. The van der Waals surface area contributed by atoms with Gasteiger partial charge in [0.25, 0.3) is 0 Å². The number of rotatable bonds is 7. The molecule has 0 bridgehead atoms. The standard InChI is InChI=1S/C23H33N5OS/c1-4-24-22(26-17(2)14-21-11-10-18(3)30-21)25-16-19-8-7-9-20(15-19)27-23(29)28-12-5-6-13-28/h7-11,15,17H,4-6,12-14,16H2,1-3H3,(H,27,29)(H2,24,25,26). The number of likely N-dealkylation sites (tertiary alicyclic amines) is 1. The van der Waals surface area contributed by atoms with Crippen LogP contribution in [0.15, 0.2) is 41.4 Å². The number of hydrogen-bond donors (Lipinski definition) is 3. The van der Waals surface area contributed by atoms with Gasteiger partial charge >= 0.3 is 6.03 Å². The van der Waals surface area contributed by atoms with E-state index < -0.39 is 0 Å². The highest BCUT2D eigenvalue weighted by Crippen LogP contribution is 2.17. The van der Waals surface area contributed by atoms with Gasteiger partial charge < -0.3 is 20.9 Å². The molecule has 0 saturated carbocycles. The molecule has 1 atom stereocenters. The Morgan fingerprint density at radius 1 is 1.23 bits per heavy atom. The molecule has 30 heavy (non-hydrogen) atoms. The second kappa shape index (κ2) is 11.0. The van der Waals surface area contributed by atoms with E-state index >= 15 is 0 Å². The summed E-state index contributed by atoms with van der Waals surface area (Å²) in [6.07, 6.45) is 3.15. The van der Waals surface area contributed by atoms with Crippen molar-refractivity contribution in [3.8, 4) is 0 Å². The molecule has 2 amide bonds. The van der Waals surface area contributed by atoms with Crippen molar-refractivity contribution < 1.29 is 4.79 Å². The van der Waals surface area contributed by atoms with Crippen LogP contribution < -0.4 is 16.0 Å². The molecule has 1 saturated heterocycles. The Bertz CT molecular complexity index is 857. The second-order valence-electron chi connectivity index (χ2n) is 7.78. The number of carbonyl (C=O) groups excluding carboxylic acids is 1. The number of aliphatic imine (C=N–C) groups is 1. The first kappa shape index (κ1) is 22.2. The number of guanidine groups is 1. The fourth-order valence-electron chi connectivity index (χ4n) is 3.54. The number of hydrogen-bond acceptors (Lipinski definition) is 3. The van der Waals surface area contributed by atoms with E-state index in [1.54, 1.807) is 0 Å². The van der Waals surface area contributed by atoms with Crippen molar-refractivity contribution in [3.63, 3.8) is 0 Å². The minimum atomic E-state index is -0.0132. The SMILES string of the molecule is CCNC(=NCc1cccc(NC(=O)N2CCCC2)c1)NC(C)Cc1ccc(C)s1. The molecule has 0 aliphatic carbocycles. The smallest absolute Gasteiger partial charge is 0.321 e. The van der Waals surface area contributed by atoms with Crippen molar-refractivity contribution >= 4 is 29.0 Å². The molecular weight excluding hydrogens is 394 g/mol. The molecule has 1 unspecified atom stereocenters. The molecule has 1 aliphatic rings. The highest BCUT2D eigenvalue weighted by atomic mass is 32.1. The molecule has 1 aromatic heterocycles. The third kappa shape index (κ3) is 6.76. The number of urea groups is 1. The van der Waals surface area contributed by atoms with E-state index in [2.05, 4.69) is 48.9 Å². The maximum atomic E-state index is 12.3. The van der Waals surface area contributed by atoms with Gasteiger partial charge in [0.05, 0.1) is 6.54 Å². The van der Waals surface area contributed by atoms with Gasteiger partial charge in [-0.25, -0.2) is 9.79 Å². The molecule has 7 heteroatoms. The predicted molar refractivity (Wildman–Crippen MR) is 126 cm³/mol. The third-order valence-electron chi connectivity index (χ3n) is 5.02. The zero-order valence-electron chi connectivity index (χ0n) is 18.2. The van der Waals surface area contributed by atoms with E-state index in [1.807, 2.05) is 40.5 Å². The van der Waals surface area contributed by atoms with E-state index in [4.69, 9.17) is 4.99 Å². The van der Waals surface area contributed by atoms with Gasteiger partial charge in [0.15, 0.2) is 5.96 Å². The summed E-state index contributed by atoms with van der Waals surface area (Å²) >= 11 is 1.84. The Morgan fingerprint density at radius 3 is 2.73 bits per heavy atom. The van der Waals surface area contributed by atoms with Crippen LogP contribution in [-0.2, 0) is 13.0 Å². The van der Waals surface area contributed by atoms with Crippen LogP contribution >= 0.6 is 11.3 Å². The highest BCUT2D eigenvalue weighted by molar-refractivity contribution is 7.11. The summed E-state index contributed by atoms with van der Waals surface area (Å²) in [6, 6.07) is 12.6. The first-order chi connectivity index (χ1) is 14.5. The first-order valence-corrected chi connectivity index (χ1v) is 11.6. The molecule has 3 N–H and O–H groups in total. The van der Waals surface area contributed by atoms with Gasteiger partial charge in [-0.1, -0.05) is 12.1 Å². The van der Waals surface area contributed by atoms with Crippen molar-refractivity contribution in [1.82, 2.24) is 15.5 Å². The molecule has 2 heterocycles. The number of amides is 2. The molecular formula is C23H33N5OS. The van der Waals surface area contributed by atoms with Gasteiger partial charge in [-0.3, -0.25) is 0 Å². The van der Waals surface area contributed by atoms with Crippen LogP contribution in [0.2, 0.25) is 0 Å². The molecule has 162 valence electrons. The highest BCUT2D eigenvalue weighted by Gasteiger charge is 2.17. The maximum Gasteiger partial charge on any atom is 0.321 e. The van der Waals surface area contributed by atoms with Crippen molar-refractivity contribution in [2.45, 2.75) is 52.6 Å². The number of benzene rings is 1. The average Bonchev–Trinajstić information content (AvgIpc) is 3.39. The Balaban J connectivity index is 1.57. The van der Waals surface area contributed by atoms with Gasteiger partial charge in [-0.15, -0.1) is 11.3 Å². The summed E-state index contributed by atoms with van der Waals surface area (Å²) in [5.41, 5.74) is 1.88. The van der Waals surface area contributed by atoms with Gasteiger partial charge in [-0.05, 0) is 63.4 Å². The lowest BCUT2D eigenvalue weighted by atomic mass is 10.2. The minimum Gasteiger partial charge on any atom is -0.357 e. The van der Waals surface area contributed by atoms with E-state index in [9.17, 15) is 4.79 Å². The van der Waals surface area contributed by atoms with E-state index in [-0.39, 0.29) is 12.1 Å². The molecule has 1 aliphatic heterocycles. The minimum absolute atomic E-state index is 0.0132. The van der Waals surface area contributed by atoms with Gasteiger partial charge in [0, 0.05) is 47.5 Å². The fourth-order valence-corrected chi connectivity index (χ4v) is 4.56. The molecule has 3 rings (SSSR count). The number of nitrogens with one attached hydrogen (secondary N) is 3. The van der Waals surface area contributed by atoms with Crippen LogP contribution in [0.25, 0.3) is 0 Å². The van der Waals surface area contributed by atoms with Crippen molar-refractivity contribution in [2.75, 3.05) is 25.0 Å².